The molecule has 23 heavy (non-hydrogen) atoms. The van der Waals surface area contributed by atoms with E-state index in [2.05, 4.69) is 20.2 Å². The van der Waals surface area contributed by atoms with Gasteiger partial charge >= 0.3 is 0 Å². The van der Waals surface area contributed by atoms with Gasteiger partial charge in [0.1, 0.15) is 5.82 Å². The van der Waals surface area contributed by atoms with Crippen LogP contribution in [0.25, 0.3) is 0 Å². The molecule has 1 fully saturated rings. The first-order valence-electron chi connectivity index (χ1n) is 8.09. The summed E-state index contributed by atoms with van der Waals surface area (Å²) in [6, 6.07) is 7.93. The quantitative estimate of drug-likeness (QED) is 0.891. The second-order valence-corrected chi connectivity index (χ2v) is 6.05. The van der Waals surface area contributed by atoms with Crippen LogP contribution in [-0.2, 0) is 11.2 Å². The highest BCUT2D eigenvalue weighted by molar-refractivity contribution is 5.92. The molecule has 0 bridgehead atoms. The maximum Gasteiger partial charge on any atom is 0.228 e. The molecule has 2 heterocycles. The summed E-state index contributed by atoms with van der Waals surface area (Å²) in [6.07, 6.45) is 9.56. The smallest absolute Gasteiger partial charge is 0.228 e. The molecule has 0 aromatic carbocycles. The number of rotatable bonds is 6. The molecular formula is C18H22N4O. The van der Waals surface area contributed by atoms with E-state index < -0.39 is 0 Å². The highest BCUT2D eigenvalue weighted by Gasteiger charge is 2.25. The first-order chi connectivity index (χ1) is 11.2. The number of amides is 1. The van der Waals surface area contributed by atoms with E-state index >= 15 is 0 Å². The summed E-state index contributed by atoms with van der Waals surface area (Å²) in [6.45, 7) is 0.902. The van der Waals surface area contributed by atoms with Gasteiger partial charge in [-0.25, -0.2) is 4.98 Å². The van der Waals surface area contributed by atoms with E-state index in [0.29, 0.717) is 5.82 Å². The zero-order chi connectivity index (χ0) is 16.1. The molecule has 0 radical (unpaired) electrons. The summed E-state index contributed by atoms with van der Waals surface area (Å²) in [5.41, 5.74) is 2.31. The van der Waals surface area contributed by atoms with Gasteiger partial charge in [-0.15, -0.1) is 0 Å². The highest BCUT2D eigenvalue weighted by atomic mass is 16.2. The third-order valence-electron chi connectivity index (χ3n) is 4.40. The Hall–Kier alpha value is -2.43. The number of hydrogen-bond acceptors (Lipinski definition) is 4. The Balaban J connectivity index is 1.52. The lowest BCUT2D eigenvalue weighted by Crippen LogP contribution is -2.28. The van der Waals surface area contributed by atoms with Crippen molar-refractivity contribution in [3.8, 4) is 0 Å². The number of pyridine rings is 2. The normalized spacial score (nSPS) is 14.1. The third-order valence-corrected chi connectivity index (χ3v) is 4.40. The van der Waals surface area contributed by atoms with Crippen molar-refractivity contribution in [3.63, 3.8) is 0 Å². The molecule has 0 spiro atoms. The summed E-state index contributed by atoms with van der Waals surface area (Å²) >= 11 is 0. The largest absolute Gasteiger partial charge is 0.373 e. The fourth-order valence-corrected chi connectivity index (χ4v) is 2.56. The van der Waals surface area contributed by atoms with Gasteiger partial charge in [0.25, 0.3) is 0 Å². The molecule has 3 rings (SSSR count). The van der Waals surface area contributed by atoms with Crippen molar-refractivity contribution in [2.45, 2.75) is 25.7 Å². The standard InChI is InChI=1S/C18H22N4O/c1-22(12-9-14-7-10-19-11-8-14)16-5-6-17(20-13-16)21-18(23)15-3-2-4-15/h5-8,10-11,13,15H,2-4,9,12H2,1H3,(H,20,21,23). The van der Waals surface area contributed by atoms with E-state index in [9.17, 15) is 4.79 Å². The van der Waals surface area contributed by atoms with Crippen molar-refractivity contribution < 1.29 is 4.79 Å². The molecule has 1 amide bonds. The molecule has 120 valence electrons. The van der Waals surface area contributed by atoms with Crippen molar-refractivity contribution >= 4 is 17.4 Å². The Morgan fingerprint density at radius 1 is 1.26 bits per heavy atom. The predicted molar refractivity (Wildman–Crippen MR) is 91.4 cm³/mol. The van der Waals surface area contributed by atoms with E-state index in [0.717, 1.165) is 37.9 Å². The Labute approximate surface area is 136 Å². The molecule has 2 aromatic rings. The van der Waals surface area contributed by atoms with E-state index in [-0.39, 0.29) is 11.8 Å². The second-order valence-electron chi connectivity index (χ2n) is 6.05. The van der Waals surface area contributed by atoms with Crippen molar-refractivity contribution in [1.82, 2.24) is 9.97 Å². The molecule has 1 aliphatic carbocycles. The maximum atomic E-state index is 11.9. The maximum absolute atomic E-state index is 11.9. The predicted octanol–water partition coefficient (Wildman–Crippen LogP) is 2.89. The molecule has 1 saturated carbocycles. The zero-order valence-corrected chi connectivity index (χ0v) is 13.4. The number of carbonyl (C=O) groups is 1. The van der Waals surface area contributed by atoms with Crippen LogP contribution in [0.5, 0.6) is 0 Å². The monoisotopic (exact) mass is 310 g/mol. The number of carbonyl (C=O) groups excluding carboxylic acids is 1. The van der Waals surface area contributed by atoms with Crippen molar-refractivity contribution in [2.75, 3.05) is 23.8 Å². The van der Waals surface area contributed by atoms with Crippen LogP contribution in [0.4, 0.5) is 11.5 Å². The van der Waals surface area contributed by atoms with Crippen LogP contribution in [-0.4, -0.2) is 29.5 Å². The molecule has 5 heteroatoms. The lowest BCUT2D eigenvalue weighted by molar-refractivity contribution is -0.122. The molecule has 0 aliphatic heterocycles. The number of nitrogens with one attached hydrogen (secondary N) is 1. The summed E-state index contributed by atoms with van der Waals surface area (Å²) in [5.74, 6) is 0.912. The van der Waals surface area contributed by atoms with Crippen LogP contribution in [0.2, 0.25) is 0 Å². The minimum absolute atomic E-state index is 0.0996. The van der Waals surface area contributed by atoms with E-state index in [1.807, 2.05) is 49.9 Å². The number of nitrogens with zero attached hydrogens (tertiary/aromatic N) is 3. The lowest BCUT2D eigenvalue weighted by atomic mass is 9.85. The second kappa shape index (κ2) is 7.22. The summed E-state index contributed by atoms with van der Waals surface area (Å²) < 4.78 is 0. The fourth-order valence-electron chi connectivity index (χ4n) is 2.56. The Morgan fingerprint density at radius 2 is 2.04 bits per heavy atom. The van der Waals surface area contributed by atoms with Gasteiger partial charge in [-0.05, 0) is 49.1 Å². The van der Waals surface area contributed by atoms with Gasteiger partial charge in [0.2, 0.25) is 5.91 Å². The van der Waals surface area contributed by atoms with Crippen LogP contribution >= 0.6 is 0 Å². The third kappa shape index (κ3) is 4.06. The van der Waals surface area contributed by atoms with E-state index in [1.165, 1.54) is 5.56 Å². The minimum Gasteiger partial charge on any atom is -0.373 e. The topological polar surface area (TPSA) is 58.1 Å². The molecule has 0 saturated heterocycles. The van der Waals surface area contributed by atoms with Crippen LogP contribution in [0.3, 0.4) is 0 Å². The molecule has 0 atom stereocenters. The van der Waals surface area contributed by atoms with Crippen LogP contribution in [0.1, 0.15) is 24.8 Å². The summed E-state index contributed by atoms with van der Waals surface area (Å²) in [4.78, 5) is 22.4. The van der Waals surface area contributed by atoms with E-state index in [1.54, 1.807) is 0 Å². The van der Waals surface area contributed by atoms with Gasteiger partial charge in [0.15, 0.2) is 0 Å². The Morgan fingerprint density at radius 3 is 2.65 bits per heavy atom. The van der Waals surface area contributed by atoms with Gasteiger partial charge in [0, 0.05) is 31.9 Å². The number of aromatic nitrogens is 2. The van der Waals surface area contributed by atoms with Crippen LogP contribution in [0.15, 0.2) is 42.9 Å². The molecule has 0 unspecified atom stereocenters. The van der Waals surface area contributed by atoms with Gasteiger partial charge in [0.05, 0.1) is 11.9 Å². The minimum atomic E-state index is 0.0996. The van der Waals surface area contributed by atoms with Crippen LogP contribution in [0, 0.1) is 5.92 Å². The molecule has 1 N–H and O–H groups in total. The Kier molecular flexibility index (Phi) is 4.86. The number of anilines is 2. The van der Waals surface area contributed by atoms with Gasteiger partial charge in [-0.1, -0.05) is 6.42 Å². The van der Waals surface area contributed by atoms with Crippen molar-refractivity contribution in [2.24, 2.45) is 5.92 Å². The highest BCUT2D eigenvalue weighted by Crippen LogP contribution is 2.27. The summed E-state index contributed by atoms with van der Waals surface area (Å²) in [7, 11) is 2.05. The molecule has 5 nitrogen and oxygen atoms in total. The average molecular weight is 310 g/mol. The van der Waals surface area contributed by atoms with Gasteiger partial charge < -0.3 is 10.2 Å². The number of hydrogen-bond donors (Lipinski definition) is 1. The first kappa shape index (κ1) is 15.5. The molecular weight excluding hydrogens is 288 g/mol. The van der Waals surface area contributed by atoms with Crippen LogP contribution < -0.4 is 10.2 Å². The van der Waals surface area contributed by atoms with Gasteiger partial charge in [-0.2, -0.15) is 0 Å². The van der Waals surface area contributed by atoms with Crippen molar-refractivity contribution in [3.05, 3.63) is 48.4 Å². The first-order valence-corrected chi connectivity index (χ1v) is 8.09. The van der Waals surface area contributed by atoms with Crippen molar-refractivity contribution in [1.29, 1.82) is 0 Å². The zero-order valence-electron chi connectivity index (χ0n) is 13.4. The molecule has 1 aliphatic rings. The average Bonchev–Trinajstić information content (AvgIpc) is 2.52. The lowest BCUT2D eigenvalue weighted by Gasteiger charge is -2.24. The van der Waals surface area contributed by atoms with Gasteiger partial charge in [-0.3, -0.25) is 9.78 Å². The Bertz CT molecular complexity index is 638. The SMILES string of the molecule is CN(CCc1ccncc1)c1ccc(NC(=O)C2CCC2)nc1. The number of likely N-dealkylation sites (N-methyl/N-ethyl adjacent to an activating group) is 1. The summed E-state index contributed by atoms with van der Waals surface area (Å²) in [5, 5.41) is 2.89. The fraction of sp³-hybridized carbons (Fsp3) is 0.389. The van der Waals surface area contributed by atoms with E-state index in [4.69, 9.17) is 0 Å². The molecule has 2 aromatic heterocycles.